The highest BCUT2D eigenvalue weighted by Gasteiger charge is 2.18. The fourth-order valence-corrected chi connectivity index (χ4v) is 1.61. The zero-order chi connectivity index (χ0) is 12.3. The van der Waals surface area contributed by atoms with E-state index in [-0.39, 0.29) is 11.2 Å². The molecule has 0 aliphatic rings. The van der Waals surface area contributed by atoms with Gasteiger partial charge < -0.3 is 10.8 Å². The van der Waals surface area contributed by atoms with E-state index in [0.717, 1.165) is 11.1 Å². The lowest BCUT2D eigenvalue weighted by molar-refractivity contribution is 0.446. The highest BCUT2D eigenvalue weighted by atomic mass is 16.3. The molecule has 0 aromatic heterocycles. The first-order valence-corrected chi connectivity index (χ1v) is 5.30. The number of hydrogen-bond donors (Lipinski definition) is 2. The van der Waals surface area contributed by atoms with E-state index in [9.17, 15) is 9.90 Å². The monoisotopic (exact) mass is 220 g/mol. The molecule has 0 fully saturated rings. The van der Waals surface area contributed by atoms with Gasteiger partial charge in [0.2, 0.25) is 6.29 Å². The van der Waals surface area contributed by atoms with Crippen LogP contribution in [0.4, 0.5) is 0 Å². The molecule has 1 aromatic rings. The lowest BCUT2D eigenvalue weighted by Crippen LogP contribution is -2.24. The van der Waals surface area contributed by atoms with Gasteiger partial charge in [-0.1, -0.05) is 32.9 Å². The van der Waals surface area contributed by atoms with Crippen LogP contribution in [0.25, 0.3) is 0 Å². The molecule has 0 unspecified atom stereocenters. The summed E-state index contributed by atoms with van der Waals surface area (Å²) >= 11 is 0. The second-order valence-corrected chi connectivity index (χ2v) is 5.03. The predicted molar refractivity (Wildman–Crippen MR) is 64.2 cm³/mol. The van der Waals surface area contributed by atoms with E-state index in [1.807, 2.05) is 26.8 Å². The summed E-state index contributed by atoms with van der Waals surface area (Å²) in [5.74, 6) is 0.278. The van der Waals surface area contributed by atoms with Crippen LogP contribution in [0.5, 0.6) is 5.75 Å². The summed E-state index contributed by atoms with van der Waals surface area (Å²) < 4.78 is 0. The van der Waals surface area contributed by atoms with Crippen molar-refractivity contribution in [1.82, 2.24) is 0 Å². The molecule has 3 N–H and O–H groups in total. The molecule has 0 amide bonds. The number of rotatable bonds is 3. The third-order valence-electron chi connectivity index (χ3n) is 2.48. The minimum atomic E-state index is -0.600. The van der Waals surface area contributed by atoms with Crippen LogP contribution in [-0.4, -0.2) is 17.4 Å². The van der Waals surface area contributed by atoms with Crippen LogP contribution in [-0.2, 0) is 16.6 Å². The molecular formula is C13H18NO2. The van der Waals surface area contributed by atoms with Gasteiger partial charge in [-0.2, -0.15) is 0 Å². The summed E-state index contributed by atoms with van der Waals surface area (Å²) in [6, 6.07) is 4.72. The van der Waals surface area contributed by atoms with Crippen molar-refractivity contribution >= 4 is 6.29 Å². The summed E-state index contributed by atoms with van der Waals surface area (Å²) in [7, 11) is 0. The Morgan fingerprint density at radius 3 is 2.56 bits per heavy atom. The van der Waals surface area contributed by atoms with Gasteiger partial charge in [0.05, 0.1) is 6.04 Å². The molecule has 1 rings (SSSR count). The SMILES string of the molecule is CC(C)(C)c1cc(C[C@H](N)[C]=O)ccc1O. The van der Waals surface area contributed by atoms with Crippen molar-refractivity contribution in [3.8, 4) is 5.75 Å². The first-order chi connectivity index (χ1) is 7.34. The fourth-order valence-electron chi connectivity index (χ4n) is 1.61. The Hall–Kier alpha value is -1.35. The second kappa shape index (κ2) is 4.66. The number of hydrogen-bond acceptors (Lipinski definition) is 3. The Morgan fingerprint density at radius 2 is 2.06 bits per heavy atom. The smallest absolute Gasteiger partial charge is 0.217 e. The van der Waals surface area contributed by atoms with Gasteiger partial charge >= 0.3 is 0 Å². The summed E-state index contributed by atoms with van der Waals surface area (Å²) in [5.41, 5.74) is 7.19. The third-order valence-corrected chi connectivity index (χ3v) is 2.48. The molecule has 0 bridgehead atoms. The van der Waals surface area contributed by atoms with Crippen molar-refractivity contribution in [3.63, 3.8) is 0 Å². The van der Waals surface area contributed by atoms with Crippen molar-refractivity contribution in [3.05, 3.63) is 29.3 Å². The van der Waals surface area contributed by atoms with Crippen LogP contribution < -0.4 is 5.73 Å². The molecule has 0 saturated carbocycles. The number of carbonyl (C=O) groups excluding carboxylic acids is 1. The molecule has 1 aromatic carbocycles. The first kappa shape index (κ1) is 12.7. The van der Waals surface area contributed by atoms with E-state index in [4.69, 9.17) is 5.73 Å². The molecule has 87 valence electrons. The minimum absolute atomic E-state index is 0.130. The molecule has 1 atom stereocenters. The van der Waals surface area contributed by atoms with Crippen LogP contribution in [0.3, 0.4) is 0 Å². The third kappa shape index (κ3) is 3.07. The molecule has 3 nitrogen and oxygen atoms in total. The van der Waals surface area contributed by atoms with Gasteiger partial charge in [-0.15, -0.1) is 0 Å². The Labute approximate surface area is 96.3 Å². The zero-order valence-electron chi connectivity index (χ0n) is 9.95. The summed E-state index contributed by atoms with van der Waals surface area (Å²) in [6.07, 6.45) is 2.20. The average Bonchev–Trinajstić information content (AvgIpc) is 2.19. The maximum atomic E-state index is 10.4. The molecule has 1 radical (unpaired) electrons. The van der Waals surface area contributed by atoms with E-state index in [1.165, 1.54) is 0 Å². The van der Waals surface area contributed by atoms with Gasteiger partial charge in [-0.05, 0) is 29.0 Å². The summed E-state index contributed by atoms with van der Waals surface area (Å²) in [4.78, 5) is 10.4. The van der Waals surface area contributed by atoms with E-state index in [2.05, 4.69) is 0 Å². The van der Waals surface area contributed by atoms with Crippen molar-refractivity contribution in [2.45, 2.75) is 38.6 Å². The van der Waals surface area contributed by atoms with Crippen molar-refractivity contribution < 1.29 is 9.90 Å². The molecule has 0 spiro atoms. The van der Waals surface area contributed by atoms with Gasteiger partial charge in [-0.3, -0.25) is 4.79 Å². The summed E-state index contributed by atoms with van der Waals surface area (Å²) in [6.45, 7) is 6.08. The van der Waals surface area contributed by atoms with E-state index >= 15 is 0 Å². The maximum absolute atomic E-state index is 10.4. The van der Waals surface area contributed by atoms with E-state index < -0.39 is 6.04 Å². The Morgan fingerprint density at radius 1 is 1.44 bits per heavy atom. The lowest BCUT2D eigenvalue weighted by atomic mass is 9.85. The topological polar surface area (TPSA) is 63.3 Å². The largest absolute Gasteiger partial charge is 0.508 e. The second-order valence-electron chi connectivity index (χ2n) is 5.03. The van der Waals surface area contributed by atoms with Crippen molar-refractivity contribution in [2.24, 2.45) is 5.73 Å². The fraction of sp³-hybridized carbons (Fsp3) is 0.462. The molecule has 0 saturated heterocycles. The number of phenols is 1. The van der Waals surface area contributed by atoms with E-state index in [1.54, 1.807) is 18.4 Å². The van der Waals surface area contributed by atoms with Crippen LogP contribution >= 0.6 is 0 Å². The Kier molecular flexibility index (Phi) is 3.70. The Balaban J connectivity index is 3.03. The van der Waals surface area contributed by atoms with Crippen LogP contribution in [0.2, 0.25) is 0 Å². The van der Waals surface area contributed by atoms with Crippen LogP contribution in [0, 0.1) is 0 Å². The molecule has 0 aliphatic carbocycles. The molecule has 3 heteroatoms. The van der Waals surface area contributed by atoms with Gasteiger partial charge in [0.1, 0.15) is 5.75 Å². The quantitative estimate of drug-likeness (QED) is 0.814. The standard InChI is InChI=1S/C13H18NO2/c1-13(2,3)11-7-9(4-5-12(11)16)6-10(14)8-15/h4-5,7,10,16H,6,14H2,1-3H3/t10-/m0/s1. The number of benzene rings is 1. The molecule has 0 heterocycles. The highest BCUT2D eigenvalue weighted by Crippen LogP contribution is 2.31. The zero-order valence-corrected chi connectivity index (χ0v) is 9.95. The molecular weight excluding hydrogens is 202 g/mol. The normalized spacial score (nSPS) is 13.5. The highest BCUT2D eigenvalue weighted by molar-refractivity contribution is 5.59. The number of phenolic OH excluding ortho intramolecular Hbond substituents is 1. The number of aromatic hydroxyl groups is 1. The van der Waals surface area contributed by atoms with Crippen LogP contribution in [0.1, 0.15) is 31.9 Å². The molecule has 16 heavy (non-hydrogen) atoms. The van der Waals surface area contributed by atoms with Gasteiger partial charge in [-0.25, -0.2) is 0 Å². The summed E-state index contributed by atoms with van der Waals surface area (Å²) in [5, 5.41) is 9.75. The maximum Gasteiger partial charge on any atom is 0.217 e. The first-order valence-electron chi connectivity index (χ1n) is 5.30. The predicted octanol–water partition coefficient (Wildman–Crippen LogP) is 1.67. The lowest BCUT2D eigenvalue weighted by Gasteiger charge is -2.21. The molecule has 0 aliphatic heterocycles. The van der Waals surface area contributed by atoms with Crippen molar-refractivity contribution in [1.29, 1.82) is 0 Å². The van der Waals surface area contributed by atoms with E-state index in [0.29, 0.717) is 6.42 Å². The van der Waals surface area contributed by atoms with Gasteiger partial charge in [0, 0.05) is 0 Å². The van der Waals surface area contributed by atoms with Gasteiger partial charge in [0.15, 0.2) is 0 Å². The van der Waals surface area contributed by atoms with Gasteiger partial charge in [0.25, 0.3) is 0 Å². The average molecular weight is 220 g/mol. The van der Waals surface area contributed by atoms with Crippen LogP contribution in [0.15, 0.2) is 18.2 Å². The Bertz CT molecular complexity index is 380. The minimum Gasteiger partial charge on any atom is -0.508 e. The number of nitrogens with two attached hydrogens (primary N) is 1. The van der Waals surface area contributed by atoms with Crippen molar-refractivity contribution in [2.75, 3.05) is 0 Å².